The van der Waals surface area contributed by atoms with Crippen LogP contribution in [-0.2, 0) is 9.53 Å². The Hall–Kier alpha value is -3.81. The van der Waals surface area contributed by atoms with Crippen LogP contribution < -0.4 is 10.2 Å². The average Bonchev–Trinajstić information content (AvgIpc) is 3.23. The summed E-state index contributed by atoms with van der Waals surface area (Å²) in [6.07, 6.45) is 0.490. The molecule has 3 aromatic rings. The van der Waals surface area contributed by atoms with E-state index in [1.54, 1.807) is 32.9 Å². The van der Waals surface area contributed by atoms with Crippen LogP contribution in [0.15, 0.2) is 57.7 Å². The van der Waals surface area contributed by atoms with Gasteiger partial charge in [-0.25, -0.2) is 9.59 Å². The first-order chi connectivity index (χ1) is 15.6. The Balaban J connectivity index is 1.61. The van der Waals surface area contributed by atoms with Gasteiger partial charge < -0.3 is 19.0 Å². The van der Waals surface area contributed by atoms with Crippen LogP contribution in [0, 0.1) is 0 Å². The molecule has 1 aliphatic heterocycles. The fraction of sp³-hybridized carbons (Fsp3) is 0.320. The van der Waals surface area contributed by atoms with E-state index in [-0.39, 0.29) is 22.5 Å². The monoisotopic (exact) mass is 451 g/mol. The van der Waals surface area contributed by atoms with Gasteiger partial charge in [0.1, 0.15) is 39.9 Å². The van der Waals surface area contributed by atoms with Gasteiger partial charge in [-0.15, -0.1) is 0 Å². The molecule has 1 N–H and O–H groups in total. The average molecular weight is 451 g/mol. The number of amides is 1. The second kappa shape index (κ2) is 8.61. The highest BCUT2D eigenvalue weighted by Gasteiger charge is 2.38. The van der Waals surface area contributed by atoms with Crippen molar-refractivity contribution in [1.29, 1.82) is 0 Å². The van der Waals surface area contributed by atoms with Gasteiger partial charge in [-0.2, -0.15) is 0 Å². The molecule has 1 unspecified atom stereocenters. The molecule has 1 amide bonds. The Kier molecular flexibility index (Phi) is 5.84. The van der Waals surface area contributed by atoms with Gasteiger partial charge in [0.2, 0.25) is 0 Å². The standard InChI is InChI=1S/C25H25NO7/c1-25(2,3)33-24(30)26-11-7-10-17(26)23(29)31-16-12-18(27)22-19(28)14-20(32-21(22)13-16)15-8-5-4-6-9-15/h4-6,8-9,12-14,17,27H,7,10-11H2,1-3H3. The summed E-state index contributed by atoms with van der Waals surface area (Å²) in [5.74, 6) is -0.685. The smallest absolute Gasteiger partial charge is 0.411 e. The number of rotatable bonds is 3. The van der Waals surface area contributed by atoms with Crippen molar-refractivity contribution in [3.8, 4) is 22.8 Å². The Bertz CT molecular complexity index is 1260. The molecule has 8 nitrogen and oxygen atoms in total. The topological polar surface area (TPSA) is 106 Å². The third-order valence-electron chi connectivity index (χ3n) is 5.21. The van der Waals surface area contributed by atoms with E-state index in [4.69, 9.17) is 13.9 Å². The number of hydrogen-bond acceptors (Lipinski definition) is 7. The number of benzene rings is 2. The van der Waals surface area contributed by atoms with Crippen molar-refractivity contribution in [2.45, 2.75) is 45.3 Å². The Morgan fingerprint density at radius 1 is 1.12 bits per heavy atom. The molecule has 0 aliphatic carbocycles. The molecule has 0 spiro atoms. The van der Waals surface area contributed by atoms with E-state index in [0.717, 1.165) is 0 Å². The van der Waals surface area contributed by atoms with E-state index in [1.165, 1.54) is 23.1 Å². The van der Waals surface area contributed by atoms with E-state index in [1.807, 2.05) is 18.2 Å². The fourth-order valence-corrected chi connectivity index (χ4v) is 3.78. The molecule has 4 rings (SSSR count). The van der Waals surface area contributed by atoms with Gasteiger partial charge in [-0.05, 0) is 33.6 Å². The van der Waals surface area contributed by atoms with Crippen molar-refractivity contribution in [1.82, 2.24) is 4.90 Å². The minimum atomic E-state index is -0.805. The van der Waals surface area contributed by atoms with Gasteiger partial charge in [0.15, 0.2) is 5.43 Å². The molecule has 1 fully saturated rings. The van der Waals surface area contributed by atoms with Gasteiger partial charge in [0.25, 0.3) is 0 Å². The summed E-state index contributed by atoms with van der Waals surface area (Å²) in [4.78, 5) is 39.3. The summed E-state index contributed by atoms with van der Waals surface area (Å²) < 4.78 is 16.7. The van der Waals surface area contributed by atoms with Crippen molar-refractivity contribution in [3.05, 3.63) is 58.8 Å². The predicted molar refractivity (Wildman–Crippen MR) is 121 cm³/mol. The van der Waals surface area contributed by atoms with Crippen LogP contribution in [0.2, 0.25) is 0 Å². The van der Waals surface area contributed by atoms with Crippen molar-refractivity contribution < 1.29 is 28.6 Å². The van der Waals surface area contributed by atoms with E-state index >= 15 is 0 Å². The molecule has 2 heterocycles. The molecule has 1 aliphatic rings. The van der Waals surface area contributed by atoms with Gasteiger partial charge in [0, 0.05) is 30.3 Å². The number of carbonyl (C=O) groups excluding carboxylic acids is 2. The molecule has 0 bridgehead atoms. The van der Waals surface area contributed by atoms with Crippen molar-refractivity contribution in [2.75, 3.05) is 6.54 Å². The minimum Gasteiger partial charge on any atom is -0.507 e. The van der Waals surface area contributed by atoms with Crippen LogP contribution >= 0.6 is 0 Å². The highest BCUT2D eigenvalue weighted by atomic mass is 16.6. The third-order valence-corrected chi connectivity index (χ3v) is 5.21. The second-order valence-corrected chi connectivity index (χ2v) is 8.91. The lowest BCUT2D eigenvalue weighted by atomic mass is 10.1. The normalized spacial score (nSPS) is 16.1. The molecule has 0 radical (unpaired) electrons. The van der Waals surface area contributed by atoms with Crippen molar-refractivity contribution >= 4 is 23.0 Å². The third kappa shape index (κ3) is 4.84. The van der Waals surface area contributed by atoms with Crippen LogP contribution in [0.3, 0.4) is 0 Å². The number of esters is 1. The van der Waals surface area contributed by atoms with E-state index < -0.39 is 29.1 Å². The van der Waals surface area contributed by atoms with E-state index in [2.05, 4.69) is 0 Å². The van der Waals surface area contributed by atoms with Crippen LogP contribution in [-0.4, -0.2) is 40.3 Å². The molecule has 172 valence electrons. The largest absolute Gasteiger partial charge is 0.507 e. The number of phenolic OH excluding ortho intramolecular Hbond substituents is 1. The zero-order valence-electron chi connectivity index (χ0n) is 18.7. The lowest BCUT2D eigenvalue weighted by molar-refractivity contribution is -0.139. The van der Waals surface area contributed by atoms with Crippen LogP contribution in [0.25, 0.3) is 22.3 Å². The molecule has 1 saturated heterocycles. The number of ether oxygens (including phenoxy) is 2. The summed E-state index contributed by atoms with van der Waals surface area (Å²) in [5.41, 5.74) is -0.332. The molecule has 8 heteroatoms. The van der Waals surface area contributed by atoms with Crippen LogP contribution in [0.5, 0.6) is 11.5 Å². The first-order valence-electron chi connectivity index (χ1n) is 10.7. The minimum absolute atomic E-state index is 0.00859. The number of carbonyl (C=O) groups is 2. The fourth-order valence-electron chi connectivity index (χ4n) is 3.78. The Morgan fingerprint density at radius 3 is 2.55 bits per heavy atom. The highest BCUT2D eigenvalue weighted by Crippen LogP contribution is 2.32. The van der Waals surface area contributed by atoms with Crippen molar-refractivity contribution in [2.24, 2.45) is 0 Å². The number of hydrogen-bond donors (Lipinski definition) is 1. The molecule has 1 aromatic heterocycles. The number of phenols is 1. The lowest BCUT2D eigenvalue weighted by Crippen LogP contribution is -2.44. The summed E-state index contributed by atoms with van der Waals surface area (Å²) in [5, 5.41) is 10.4. The summed E-state index contributed by atoms with van der Waals surface area (Å²) >= 11 is 0. The zero-order chi connectivity index (χ0) is 23.8. The van der Waals surface area contributed by atoms with E-state index in [9.17, 15) is 19.5 Å². The summed E-state index contributed by atoms with van der Waals surface area (Å²) in [7, 11) is 0. The Labute approximate surface area is 190 Å². The number of likely N-dealkylation sites (tertiary alicyclic amines) is 1. The van der Waals surface area contributed by atoms with Crippen LogP contribution in [0.4, 0.5) is 4.79 Å². The maximum atomic E-state index is 12.9. The quantitative estimate of drug-likeness (QED) is 0.462. The molecule has 1 atom stereocenters. The van der Waals surface area contributed by atoms with E-state index in [0.29, 0.717) is 30.7 Å². The van der Waals surface area contributed by atoms with Crippen LogP contribution in [0.1, 0.15) is 33.6 Å². The van der Waals surface area contributed by atoms with Gasteiger partial charge in [-0.3, -0.25) is 9.69 Å². The summed E-state index contributed by atoms with van der Waals surface area (Å²) in [6, 6.07) is 12.1. The molecule has 0 saturated carbocycles. The second-order valence-electron chi connectivity index (χ2n) is 8.91. The number of aromatic hydroxyl groups is 1. The number of nitrogens with zero attached hydrogens (tertiary/aromatic N) is 1. The highest BCUT2D eigenvalue weighted by molar-refractivity contribution is 5.88. The zero-order valence-corrected chi connectivity index (χ0v) is 18.7. The molecule has 33 heavy (non-hydrogen) atoms. The maximum absolute atomic E-state index is 12.9. The first-order valence-corrected chi connectivity index (χ1v) is 10.7. The number of fused-ring (bicyclic) bond motifs is 1. The molecular weight excluding hydrogens is 426 g/mol. The predicted octanol–water partition coefficient (Wildman–Crippen LogP) is 4.47. The van der Waals surface area contributed by atoms with Crippen molar-refractivity contribution in [3.63, 3.8) is 0 Å². The summed E-state index contributed by atoms with van der Waals surface area (Å²) in [6.45, 7) is 5.64. The molecule has 2 aromatic carbocycles. The lowest BCUT2D eigenvalue weighted by Gasteiger charge is -2.27. The SMILES string of the molecule is CC(C)(C)OC(=O)N1CCCC1C(=O)Oc1cc(O)c2c(=O)cc(-c3ccccc3)oc2c1. The van der Waals surface area contributed by atoms with Gasteiger partial charge >= 0.3 is 12.1 Å². The van der Waals surface area contributed by atoms with Gasteiger partial charge in [-0.1, -0.05) is 30.3 Å². The van der Waals surface area contributed by atoms with Gasteiger partial charge in [0.05, 0.1) is 0 Å². The molecular formula is C25H25NO7. The maximum Gasteiger partial charge on any atom is 0.411 e. The first kappa shape index (κ1) is 22.4. The Morgan fingerprint density at radius 2 is 1.85 bits per heavy atom.